The third-order valence-corrected chi connectivity index (χ3v) is 6.56. The second kappa shape index (κ2) is 8.80. The summed E-state index contributed by atoms with van der Waals surface area (Å²) in [6.45, 7) is 14.6. The predicted octanol–water partition coefficient (Wildman–Crippen LogP) is 4.50. The highest BCUT2D eigenvalue weighted by molar-refractivity contribution is 7.85. The van der Waals surface area contributed by atoms with Crippen molar-refractivity contribution in [2.75, 3.05) is 22.9 Å². The minimum atomic E-state index is -4.02. The third-order valence-electron chi connectivity index (χ3n) is 5.69. The van der Waals surface area contributed by atoms with Crippen LogP contribution in [0.3, 0.4) is 0 Å². The Balaban J connectivity index is 0.000000210. The SMILES string of the molecule is CCN1c2nc3cc(C)c(C)cc3nc2N(CC)C1C.Cc1ccc(S(=O)(=O)O)cc1. The van der Waals surface area contributed by atoms with Crippen molar-refractivity contribution in [3.8, 4) is 0 Å². The van der Waals surface area contributed by atoms with Crippen molar-refractivity contribution in [2.45, 2.75) is 52.6 Å². The molecule has 0 fully saturated rings. The average molecular weight is 443 g/mol. The normalized spacial score (nSPS) is 13.9. The van der Waals surface area contributed by atoms with E-state index in [9.17, 15) is 8.42 Å². The van der Waals surface area contributed by atoms with Crippen LogP contribution in [-0.2, 0) is 10.1 Å². The summed E-state index contributed by atoms with van der Waals surface area (Å²) in [7, 11) is -4.02. The average Bonchev–Trinajstić information content (AvgIpc) is 2.97. The molecule has 1 aliphatic rings. The maximum atomic E-state index is 10.5. The van der Waals surface area contributed by atoms with Gasteiger partial charge < -0.3 is 9.80 Å². The molecule has 0 saturated heterocycles. The molecule has 0 radical (unpaired) electrons. The highest BCUT2D eigenvalue weighted by atomic mass is 32.2. The van der Waals surface area contributed by atoms with Gasteiger partial charge in [0.1, 0.15) is 6.17 Å². The molecule has 0 bridgehead atoms. The van der Waals surface area contributed by atoms with Gasteiger partial charge in [0.25, 0.3) is 10.1 Å². The van der Waals surface area contributed by atoms with Gasteiger partial charge >= 0.3 is 0 Å². The third kappa shape index (κ3) is 4.65. The molecule has 1 N–H and O–H groups in total. The zero-order valence-electron chi connectivity index (χ0n) is 18.9. The summed E-state index contributed by atoms with van der Waals surface area (Å²) in [5, 5.41) is 0. The summed E-state index contributed by atoms with van der Waals surface area (Å²) in [6, 6.07) is 10.3. The van der Waals surface area contributed by atoms with Gasteiger partial charge in [0, 0.05) is 13.1 Å². The number of hydrogen-bond donors (Lipinski definition) is 1. The Bertz CT molecular complexity index is 1140. The number of anilines is 2. The number of fused-ring (bicyclic) bond motifs is 2. The van der Waals surface area contributed by atoms with Crippen molar-refractivity contribution in [3.63, 3.8) is 0 Å². The minimum Gasteiger partial charge on any atom is -0.334 e. The summed E-state index contributed by atoms with van der Waals surface area (Å²) < 4.78 is 29.6. The predicted molar refractivity (Wildman–Crippen MR) is 126 cm³/mol. The number of aromatic nitrogens is 2. The smallest absolute Gasteiger partial charge is 0.294 e. The first-order valence-electron chi connectivity index (χ1n) is 10.4. The van der Waals surface area contributed by atoms with Crippen molar-refractivity contribution in [1.82, 2.24) is 9.97 Å². The molecule has 7 nitrogen and oxygen atoms in total. The first kappa shape index (κ1) is 23.0. The van der Waals surface area contributed by atoms with Gasteiger partial charge in [-0.15, -0.1) is 0 Å². The lowest BCUT2D eigenvalue weighted by molar-refractivity contribution is 0.483. The standard InChI is InChI=1S/C16H22N4.C7H8O3S/c1-6-19-12(5)20(7-2)16-15(19)17-13-8-10(3)11(4)9-14(13)18-16;1-6-2-4-7(5-3-6)11(8,9)10/h8-9,12H,6-7H2,1-5H3;2-5H,1H3,(H,8,9,10). The van der Waals surface area contributed by atoms with E-state index in [1.54, 1.807) is 12.1 Å². The van der Waals surface area contributed by atoms with Gasteiger partial charge in [-0.1, -0.05) is 17.7 Å². The first-order chi connectivity index (χ1) is 14.6. The highest BCUT2D eigenvalue weighted by Gasteiger charge is 2.33. The zero-order valence-corrected chi connectivity index (χ0v) is 19.7. The van der Waals surface area contributed by atoms with Gasteiger partial charge in [-0.3, -0.25) is 4.55 Å². The molecular formula is C23H30N4O3S. The Labute approximate surface area is 184 Å². The Hall–Kier alpha value is -2.71. The number of aryl methyl sites for hydroxylation is 3. The van der Waals surface area contributed by atoms with Crippen LogP contribution in [0, 0.1) is 20.8 Å². The molecule has 1 aliphatic heterocycles. The van der Waals surface area contributed by atoms with Gasteiger partial charge in [-0.05, 0) is 76.9 Å². The molecule has 8 heteroatoms. The molecule has 31 heavy (non-hydrogen) atoms. The van der Waals surface area contributed by atoms with Gasteiger partial charge in [0.05, 0.1) is 15.9 Å². The first-order valence-corrected chi connectivity index (χ1v) is 11.9. The summed E-state index contributed by atoms with van der Waals surface area (Å²) in [4.78, 5) is 14.3. The van der Waals surface area contributed by atoms with E-state index in [4.69, 9.17) is 14.5 Å². The number of benzene rings is 2. The van der Waals surface area contributed by atoms with Crippen LogP contribution in [0.25, 0.3) is 11.0 Å². The second-order valence-corrected chi connectivity index (χ2v) is 9.21. The van der Waals surface area contributed by atoms with Crippen LogP contribution in [0.5, 0.6) is 0 Å². The zero-order chi connectivity index (χ0) is 22.9. The molecule has 1 aromatic heterocycles. The van der Waals surface area contributed by atoms with Crippen LogP contribution in [0.2, 0.25) is 0 Å². The Morgan fingerprint density at radius 1 is 0.871 bits per heavy atom. The topological polar surface area (TPSA) is 86.6 Å². The van der Waals surface area contributed by atoms with E-state index >= 15 is 0 Å². The van der Waals surface area contributed by atoms with E-state index in [0.717, 1.165) is 41.3 Å². The largest absolute Gasteiger partial charge is 0.334 e. The molecule has 0 aliphatic carbocycles. The van der Waals surface area contributed by atoms with Gasteiger partial charge in [0.15, 0.2) is 11.6 Å². The van der Waals surface area contributed by atoms with Crippen molar-refractivity contribution in [3.05, 3.63) is 53.1 Å². The second-order valence-electron chi connectivity index (χ2n) is 7.79. The molecule has 0 unspecified atom stereocenters. The van der Waals surface area contributed by atoms with Crippen molar-refractivity contribution in [2.24, 2.45) is 0 Å². The maximum absolute atomic E-state index is 10.5. The van der Waals surface area contributed by atoms with Crippen molar-refractivity contribution in [1.29, 1.82) is 0 Å². The molecule has 0 saturated carbocycles. The molecular weight excluding hydrogens is 412 g/mol. The molecule has 0 atom stereocenters. The monoisotopic (exact) mass is 442 g/mol. The summed E-state index contributed by atoms with van der Waals surface area (Å²) in [5.41, 5.74) is 5.49. The van der Waals surface area contributed by atoms with Crippen LogP contribution >= 0.6 is 0 Å². The maximum Gasteiger partial charge on any atom is 0.294 e. The fourth-order valence-electron chi connectivity index (χ4n) is 3.74. The molecule has 2 heterocycles. The van der Waals surface area contributed by atoms with Crippen LogP contribution in [0.1, 0.15) is 37.5 Å². The van der Waals surface area contributed by atoms with Gasteiger partial charge in [-0.25, -0.2) is 9.97 Å². The fraction of sp³-hybridized carbons (Fsp3) is 0.391. The molecule has 166 valence electrons. The molecule has 0 spiro atoms. The van der Waals surface area contributed by atoms with Gasteiger partial charge in [-0.2, -0.15) is 8.42 Å². The highest BCUT2D eigenvalue weighted by Crippen LogP contribution is 2.37. The van der Waals surface area contributed by atoms with E-state index in [0.29, 0.717) is 6.17 Å². The summed E-state index contributed by atoms with van der Waals surface area (Å²) in [6.07, 6.45) is 0.332. The van der Waals surface area contributed by atoms with Crippen LogP contribution < -0.4 is 9.80 Å². The molecule has 2 aromatic carbocycles. The van der Waals surface area contributed by atoms with Crippen LogP contribution in [-0.4, -0.2) is 42.2 Å². The lowest BCUT2D eigenvalue weighted by Gasteiger charge is -2.26. The summed E-state index contributed by atoms with van der Waals surface area (Å²) in [5.74, 6) is 2.05. The van der Waals surface area contributed by atoms with Crippen LogP contribution in [0.15, 0.2) is 41.3 Å². The van der Waals surface area contributed by atoms with Gasteiger partial charge in [0.2, 0.25) is 0 Å². The number of nitrogens with zero attached hydrogens (tertiary/aromatic N) is 4. The fourth-order valence-corrected chi connectivity index (χ4v) is 4.22. The number of hydrogen-bond acceptors (Lipinski definition) is 6. The van der Waals surface area contributed by atoms with Crippen molar-refractivity contribution < 1.29 is 13.0 Å². The van der Waals surface area contributed by atoms with E-state index < -0.39 is 10.1 Å². The van der Waals surface area contributed by atoms with E-state index in [2.05, 4.69) is 56.6 Å². The molecule has 0 amide bonds. The Morgan fingerprint density at radius 3 is 1.65 bits per heavy atom. The lowest BCUT2D eigenvalue weighted by atomic mass is 10.1. The van der Waals surface area contributed by atoms with E-state index in [1.165, 1.54) is 23.3 Å². The lowest BCUT2D eigenvalue weighted by Crippen LogP contribution is -2.40. The Morgan fingerprint density at radius 2 is 1.29 bits per heavy atom. The van der Waals surface area contributed by atoms with E-state index in [-0.39, 0.29) is 4.90 Å². The molecule has 4 rings (SSSR count). The van der Waals surface area contributed by atoms with Crippen LogP contribution in [0.4, 0.5) is 11.6 Å². The van der Waals surface area contributed by atoms with E-state index in [1.807, 2.05) is 6.92 Å². The summed E-state index contributed by atoms with van der Waals surface area (Å²) >= 11 is 0. The number of rotatable bonds is 3. The molecule has 3 aromatic rings. The van der Waals surface area contributed by atoms with Crippen molar-refractivity contribution >= 4 is 32.8 Å². The minimum absolute atomic E-state index is 0.0666. The quantitative estimate of drug-likeness (QED) is 0.598. The Kier molecular flexibility index (Phi) is 6.52.